The number of carbonyl (C=O) groups excluding carboxylic acids is 1. The van der Waals surface area contributed by atoms with Gasteiger partial charge in [0.1, 0.15) is 5.82 Å². The molecule has 196 valence electrons. The maximum Gasteiger partial charge on any atom is 0.239 e. The summed E-state index contributed by atoms with van der Waals surface area (Å²) >= 11 is 0. The van der Waals surface area contributed by atoms with Crippen LogP contribution in [-0.2, 0) is 20.0 Å². The third-order valence-corrected chi connectivity index (χ3v) is 11.9. The first-order valence-corrected chi connectivity index (χ1v) is 15.4. The number of anilines is 3. The molecule has 1 amide bonds. The summed E-state index contributed by atoms with van der Waals surface area (Å²) in [5.41, 5.74) is 2.41. The van der Waals surface area contributed by atoms with Crippen LogP contribution >= 0.6 is 0 Å². The predicted molar refractivity (Wildman–Crippen MR) is 142 cm³/mol. The van der Waals surface area contributed by atoms with Gasteiger partial charge < -0.3 is 10.6 Å². The van der Waals surface area contributed by atoms with E-state index in [4.69, 9.17) is 4.98 Å². The van der Waals surface area contributed by atoms with E-state index in [0.29, 0.717) is 10.8 Å². The van der Waals surface area contributed by atoms with Crippen LogP contribution < -0.4 is 15.5 Å². The van der Waals surface area contributed by atoms with Crippen LogP contribution in [0.4, 0.5) is 17.5 Å². The number of aromatic nitrogens is 2. The summed E-state index contributed by atoms with van der Waals surface area (Å²) in [6.45, 7) is 3.90. The highest BCUT2D eigenvalue weighted by Crippen LogP contribution is 2.58. The molecule has 0 bridgehead atoms. The van der Waals surface area contributed by atoms with Crippen molar-refractivity contribution in [1.29, 1.82) is 0 Å². The molecule has 0 radical (unpaired) electrons. The van der Waals surface area contributed by atoms with Gasteiger partial charge in [-0.1, -0.05) is 12.8 Å². The summed E-state index contributed by atoms with van der Waals surface area (Å²) in [5.74, 6) is 1.41. The van der Waals surface area contributed by atoms with E-state index in [1.54, 1.807) is 12.1 Å². The highest BCUT2D eigenvalue weighted by atomic mass is 32.2. The van der Waals surface area contributed by atoms with Crippen LogP contribution in [0, 0.1) is 12.3 Å². The molecule has 5 aliphatic rings. The van der Waals surface area contributed by atoms with Crippen LogP contribution in [0.5, 0.6) is 0 Å². The van der Waals surface area contributed by atoms with E-state index in [0.717, 1.165) is 99.9 Å². The Balaban J connectivity index is 1.11. The average molecular weight is 522 g/mol. The second-order valence-electron chi connectivity index (χ2n) is 12.1. The van der Waals surface area contributed by atoms with Crippen LogP contribution in [-0.4, -0.2) is 48.7 Å². The Morgan fingerprint density at radius 2 is 1.81 bits per heavy atom. The van der Waals surface area contributed by atoms with Gasteiger partial charge >= 0.3 is 0 Å². The summed E-state index contributed by atoms with van der Waals surface area (Å²) in [4.78, 5) is 25.1. The molecule has 2 aromatic rings. The zero-order chi connectivity index (χ0) is 25.4. The highest BCUT2D eigenvalue weighted by molar-refractivity contribution is 7.92. The number of hydrogen-bond acceptors (Lipinski definition) is 7. The van der Waals surface area contributed by atoms with Crippen molar-refractivity contribution >= 4 is 33.2 Å². The topological polar surface area (TPSA) is 104 Å². The molecule has 8 nitrogen and oxygen atoms in total. The van der Waals surface area contributed by atoms with E-state index in [1.165, 1.54) is 0 Å². The van der Waals surface area contributed by atoms with Crippen molar-refractivity contribution < 1.29 is 13.2 Å². The third kappa shape index (κ3) is 3.64. The number of hydrogen-bond donors (Lipinski definition) is 2. The SMILES string of the molecule is Cc1cc(S(=O)(=O)C2CC3(CCNCC3)C2)ccc1Nc1ncc2c(n1)N(C1CCCC1)C(=O)C21CC1. The molecule has 3 aliphatic carbocycles. The normalized spacial score (nSPS) is 24.5. The van der Waals surface area contributed by atoms with Crippen molar-refractivity contribution in [3.05, 3.63) is 35.5 Å². The van der Waals surface area contributed by atoms with Crippen molar-refractivity contribution in [1.82, 2.24) is 15.3 Å². The quantitative estimate of drug-likeness (QED) is 0.609. The number of piperidine rings is 1. The van der Waals surface area contributed by atoms with Gasteiger partial charge in [0.05, 0.1) is 15.6 Å². The zero-order valence-corrected chi connectivity index (χ0v) is 22.2. The van der Waals surface area contributed by atoms with Crippen molar-refractivity contribution in [3.8, 4) is 0 Å². The summed E-state index contributed by atoms with van der Waals surface area (Å²) < 4.78 is 26.7. The van der Waals surface area contributed by atoms with Gasteiger partial charge in [-0.05, 0) is 101 Å². The van der Waals surface area contributed by atoms with Gasteiger partial charge in [0.2, 0.25) is 11.9 Å². The molecule has 37 heavy (non-hydrogen) atoms. The molecule has 7 rings (SSSR count). The summed E-state index contributed by atoms with van der Waals surface area (Å²) in [7, 11) is -3.35. The van der Waals surface area contributed by atoms with Crippen molar-refractivity contribution in [3.63, 3.8) is 0 Å². The monoisotopic (exact) mass is 521 g/mol. The Labute approximate surface area is 218 Å². The molecular formula is C28H35N5O3S. The molecule has 2 spiro atoms. The maximum absolute atomic E-state index is 13.4. The van der Waals surface area contributed by atoms with Gasteiger partial charge in [-0.25, -0.2) is 13.4 Å². The lowest BCUT2D eigenvalue weighted by atomic mass is 9.63. The molecule has 4 fully saturated rings. The van der Waals surface area contributed by atoms with E-state index in [1.807, 2.05) is 24.1 Å². The van der Waals surface area contributed by atoms with Crippen molar-refractivity contribution in [2.45, 2.75) is 92.7 Å². The molecule has 9 heteroatoms. The number of aryl methyl sites for hydroxylation is 1. The van der Waals surface area contributed by atoms with E-state index in [9.17, 15) is 13.2 Å². The number of benzene rings is 1. The minimum Gasteiger partial charge on any atom is -0.324 e. The minimum atomic E-state index is -3.35. The van der Waals surface area contributed by atoms with Crippen LogP contribution in [0.2, 0.25) is 0 Å². The number of fused-ring (bicyclic) bond motifs is 2. The summed E-state index contributed by atoms with van der Waals surface area (Å²) in [6, 6.07) is 5.53. The molecule has 0 unspecified atom stereocenters. The smallest absolute Gasteiger partial charge is 0.239 e. The van der Waals surface area contributed by atoms with E-state index in [-0.39, 0.29) is 22.6 Å². The molecule has 0 atom stereocenters. The molecule has 2 aliphatic heterocycles. The van der Waals surface area contributed by atoms with Crippen LogP contribution in [0.3, 0.4) is 0 Å². The van der Waals surface area contributed by atoms with Crippen molar-refractivity contribution in [2.24, 2.45) is 5.41 Å². The second-order valence-corrected chi connectivity index (χ2v) is 14.3. The first-order valence-electron chi connectivity index (χ1n) is 13.8. The highest BCUT2D eigenvalue weighted by Gasteiger charge is 2.61. The van der Waals surface area contributed by atoms with Gasteiger partial charge in [-0.3, -0.25) is 9.69 Å². The standard InChI is InChI=1S/C28H35N5O3S/c1-18-14-20(37(35,36)21-15-27(16-21)10-12-29-13-11-27)6-7-23(18)31-26-30-17-22-24(32-26)33(19-4-2-3-5-19)25(34)28(22)8-9-28/h6-7,14,17,19,21,29H,2-5,8-13,15-16H2,1H3,(H,30,31,32). The van der Waals surface area contributed by atoms with Gasteiger partial charge in [0.25, 0.3) is 0 Å². The lowest BCUT2D eigenvalue weighted by molar-refractivity contribution is -0.120. The molecule has 3 saturated carbocycles. The molecule has 3 heterocycles. The average Bonchev–Trinajstić information content (AvgIpc) is 3.43. The van der Waals surface area contributed by atoms with Gasteiger partial charge in [0, 0.05) is 23.5 Å². The van der Waals surface area contributed by atoms with Gasteiger partial charge in [-0.15, -0.1) is 0 Å². The maximum atomic E-state index is 13.4. The number of amides is 1. The van der Waals surface area contributed by atoms with Crippen LogP contribution in [0.25, 0.3) is 0 Å². The van der Waals surface area contributed by atoms with E-state index >= 15 is 0 Å². The first kappa shape index (κ1) is 23.6. The number of carbonyl (C=O) groups is 1. The molecule has 1 aromatic heterocycles. The Morgan fingerprint density at radius 1 is 1.08 bits per heavy atom. The van der Waals surface area contributed by atoms with Crippen LogP contribution in [0.15, 0.2) is 29.3 Å². The minimum absolute atomic E-state index is 0.203. The van der Waals surface area contributed by atoms with E-state index < -0.39 is 15.3 Å². The summed E-state index contributed by atoms with van der Waals surface area (Å²) in [6.07, 6.45) is 11.7. The van der Waals surface area contributed by atoms with Crippen molar-refractivity contribution in [2.75, 3.05) is 23.3 Å². The Bertz CT molecular complexity index is 1370. The third-order valence-electron chi connectivity index (χ3n) is 9.78. The largest absolute Gasteiger partial charge is 0.324 e. The molecule has 2 N–H and O–H groups in total. The van der Waals surface area contributed by atoms with E-state index in [2.05, 4.69) is 15.6 Å². The molecular weight excluding hydrogens is 486 g/mol. The lowest BCUT2D eigenvalue weighted by Gasteiger charge is -2.49. The first-order chi connectivity index (χ1) is 17.8. The van der Waals surface area contributed by atoms with Gasteiger partial charge in [0.15, 0.2) is 9.84 Å². The number of nitrogens with one attached hydrogen (secondary N) is 2. The lowest BCUT2D eigenvalue weighted by Crippen LogP contribution is -2.50. The second kappa shape index (κ2) is 8.24. The number of nitrogens with zero attached hydrogens (tertiary/aromatic N) is 3. The van der Waals surface area contributed by atoms with Crippen LogP contribution in [0.1, 0.15) is 75.3 Å². The predicted octanol–water partition coefficient (Wildman–Crippen LogP) is 4.16. The Morgan fingerprint density at radius 3 is 2.49 bits per heavy atom. The molecule has 1 saturated heterocycles. The number of sulfone groups is 1. The fraction of sp³-hybridized carbons (Fsp3) is 0.607. The Kier molecular flexibility index (Phi) is 5.25. The fourth-order valence-electron chi connectivity index (χ4n) is 7.26. The molecule has 1 aromatic carbocycles. The summed E-state index contributed by atoms with van der Waals surface area (Å²) in [5, 5.41) is 6.40. The fourth-order valence-corrected chi connectivity index (χ4v) is 9.39. The zero-order valence-electron chi connectivity index (χ0n) is 21.4. The van der Waals surface area contributed by atoms with Gasteiger partial charge in [-0.2, -0.15) is 4.98 Å². The number of rotatable bonds is 5. The Hall–Kier alpha value is -2.52.